The zero-order valence-electron chi connectivity index (χ0n) is 12.4. The minimum atomic E-state index is -0.973. The van der Waals surface area contributed by atoms with E-state index in [2.05, 4.69) is 23.7 Å². The number of aromatic carboxylic acids is 1. The summed E-state index contributed by atoms with van der Waals surface area (Å²) in [4.78, 5) is 18.1. The molecule has 0 unspecified atom stereocenters. The Morgan fingerprint density at radius 3 is 2.57 bits per heavy atom. The van der Waals surface area contributed by atoms with Gasteiger partial charge in [-0.05, 0) is 44.6 Å². The van der Waals surface area contributed by atoms with Crippen molar-refractivity contribution in [1.82, 2.24) is 4.98 Å². The Bertz CT molecular complexity index is 674. The molecule has 0 bridgehead atoms. The monoisotopic (exact) mass is 284 g/mol. The number of carboxylic acids is 1. The Morgan fingerprint density at radius 1 is 1.24 bits per heavy atom. The zero-order valence-corrected chi connectivity index (χ0v) is 12.4. The summed E-state index contributed by atoms with van der Waals surface area (Å²) in [6.07, 6.45) is 3.46. The van der Waals surface area contributed by atoms with Crippen molar-refractivity contribution in [3.05, 3.63) is 36.0 Å². The molecule has 2 aromatic rings. The summed E-state index contributed by atoms with van der Waals surface area (Å²) < 4.78 is 0. The number of piperidine rings is 1. The molecule has 0 spiro atoms. The molecule has 4 heteroatoms. The Hall–Kier alpha value is -2.10. The molecule has 0 saturated carbocycles. The molecule has 1 fully saturated rings. The van der Waals surface area contributed by atoms with Gasteiger partial charge in [0.1, 0.15) is 5.82 Å². The van der Waals surface area contributed by atoms with E-state index in [0.29, 0.717) is 12.1 Å². The van der Waals surface area contributed by atoms with Crippen LogP contribution in [0.2, 0.25) is 0 Å². The van der Waals surface area contributed by atoms with Crippen molar-refractivity contribution in [2.45, 2.75) is 45.2 Å². The number of pyridine rings is 1. The van der Waals surface area contributed by atoms with Crippen molar-refractivity contribution >= 4 is 22.6 Å². The number of benzene rings is 1. The summed E-state index contributed by atoms with van der Waals surface area (Å²) in [6.45, 7) is 4.39. The minimum Gasteiger partial charge on any atom is -0.477 e. The smallest absolute Gasteiger partial charge is 0.354 e. The molecular formula is C17H20N2O2. The fourth-order valence-electron chi connectivity index (χ4n) is 3.33. The predicted octanol–water partition coefficient (Wildman–Crippen LogP) is 3.70. The number of rotatable bonds is 2. The molecule has 21 heavy (non-hydrogen) atoms. The van der Waals surface area contributed by atoms with Gasteiger partial charge in [-0.25, -0.2) is 9.78 Å². The quantitative estimate of drug-likeness (QED) is 0.913. The van der Waals surface area contributed by atoms with Gasteiger partial charge in [0.25, 0.3) is 0 Å². The number of hydrogen-bond acceptors (Lipinski definition) is 3. The van der Waals surface area contributed by atoms with E-state index in [-0.39, 0.29) is 5.69 Å². The van der Waals surface area contributed by atoms with Crippen LogP contribution in [0.3, 0.4) is 0 Å². The van der Waals surface area contributed by atoms with Crippen molar-refractivity contribution in [2.24, 2.45) is 0 Å². The van der Waals surface area contributed by atoms with E-state index in [9.17, 15) is 9.90 Å². The Labute approximate surface area is 124 Å². The molecule has 4 nitrogen and oxygen atoms in total. The Morgan fingerprint density at radius 2 is 1.90 bits per heavy atom. The third-order valence-corrected chi connectivity index (χ3v) is 4.38. The molecule has 0 radical (unpaired) electrons. The van der Waals surface area contributed by atoms with Crippen LogP contribution in [0.5, 0.6) is 0 Å². The highest BCUT2D eigenvalue weighted by atomic mass is 16.4. The maximum absolute atomic E-state index is 11.4. The molecule has 3 rings (SSSR count). The highest BCUT2D eigenvalue weighted by molar-refractivity contribution is 5.98. The van der Waals surface area contributed by atoms with Crippen LogP contribution in [-0.4, -0.2) is 28.1 Å². The van der Waals surface area contributed by atoms with Gasteiger partial charge >= 0.3 is 5.97 Å². The van der Waals surface area contributed by atoms with Gasteiger partial charge in [0.2, 0.25) is 0 Å². The molecule has 2 heterocycles. The number of nitrogens with zero attached hydrogens (tertiary/aromatic N) is 2. The summed E-state index contributed by atoms with van der Waals surface area (Å²) in [5.41, 5.74) is 0.119. The maximum atomic E-state index is 11.4. The van der Waals surface area contributed by atoms with Crippen LogP contribution in [-0.2, 0) is 0 Å². The number of hydrogen-bond donors (Lipinski definition) is 1. The van der Waals surface area contributed by atoms with E-state index >= 15 is 0 Å². The van der Waals surface area contributed by atoms with Crippen LogP contribution in [0.1, 0.15) is 43.6 Å². The molecule has 110 valence electrons. The van der Waals surface area contributed by atoms with E-state index in [4.69, 9.17) is 0 Å². The van der Waals surface area contributed by atoms with Gasteiger partial charge in [-0.3, -0.25) is 0 Å². The average molecular weight is 284 g/mol. The molecule has 2 atom stereocenters. The lowest BCUT2D eigenvalue weighted by Gasteiger charge is -2.40. The Balaban J connectivity index is 2.21. The van der Waals surface area contributed by atoms with Gasteiger partial charge < -0.3 is 10.0 Å². The van der Waals surface area contributed by atoms with Crippen LogP contribution in [0.25, 0.3) is 10.8 Å². The summed E-state index contributed by atoms with van der Waals surface area (Å²) >= 11 is 0. The van der Waals surface area contributed by atoms with Crippen LogP contribution in [0, 0.1) is 0 Å². The lowest BCUT2D eigenvalue weighted by Crippen LogP contribution is -2.44. The van der Waals surface area contributed by atoms with Gasteiger partial charge in [-0.1, -0.05) is 24.3 Å². The van der Waals surface area contributed by atoms with Crippen molar-refractivity contribution in [1.29, 1.82) is 0 Å². The molecule has 1 aliphatic heterocycles. The normalized spacial score (nSPS) is 22.5. The Kier molecular flexibility index (Phi) is 3.53. The molecule has 1 aromatic carbocycles. The van der Waals surface area contributed by atoms with Crippen LogP contribution in [0.15, 0.2) is 30.3 Å². The molecule has 0 amide bonds. The van der Waals surface area contributed by atoms with E-state index in [1.54, 1.807) is 6.07 Å². The lowest BCUT2D eigenvalue weighted by atomic mass is 9.96. The first-order valence-corrected chi connectivity index (χ1v) is 7.49. The summed E-state index contributed by atoms with van der Waals surface area (Å²) in [6, 6.07) is 10.3. The van der Waals surface area contributed by atoms with E-state index in [0.717, 1.165) is 29.4 Å². The van der Waals surface area contributed by atoms with Crippen LogP contribution < -0.4 is 4.90 Å². The van der Waals surface area contributed by atoms with Gasteiger partial charge in [-0.2, -0.15) is 0 Å². The second kappa shape index (κ2) is 5.35. The number of carboxylic acid groups (broad SMARTS) is 1. The van der Waals surface area contributed by atoms with Gasteiger partial charge in [0, 0.05) is 17.5 Å². The topological polar surface area (TPSA) is 53.4 Å². The van der Waals surface area contributed by atoms with Gasteiger partial charge in [0.05, 0.1) is 0 Å². The van der Waals surface area contributed by atoms with Crippen molar-refractivity contribution in [3.63, 3.8) is 0 Å². The second-order valence-electron chi connectivity index (χ2n) is 5.89. The molecule has 1 N–H and O–H groups in total. The first kappa shape index (κ1) is 13.9. The third kappa shape index (κ3) is 2.46. The summed E-state index contributed by atoms with van der Waals surface area (Å²) in [5.74, 6) is -0.162. The SMILES string of the molecule is C[C@@H]1CCC[C@H](C)N1c1nc(C(=O)O)cc2ccccc12. The number of aromatic nitrogens is 1. The van der Waals surface area contributed by atoms with Crippen molar-refractivity contribution < 1.29 is 9.90 Å². The van der Waals surface area contributed by atoms with E-state index in [1.165, 1.54) is 6.42 Å². The largest absolute Gasteiger partial charge is 0.477 e. The fraction of sp³-hybridized carbons (Fsp3) is 0.412. The maximum Gasteiger partial charge on any atom is 0.354 e. The molecule has 1 aromatic heterocycles. The van der Waals surface area contributed by atoms with Crippen LogP contribution in [0.4, 0.5) is 5.82 Å². The number of fused-ring (bicyclic) bond motifs is 1. The number of carbonyl (C=O) groups is 1. The predicted molar refractivity (Wildman–Crippen MR) is 84.0 cm³/mol. The first-order chi connectivity index (χ1) is 10.1. The summed E-state index contributed by atoms with van der Waals surface area (Å²) in [7, 11) is 0. The highest BCUT2D eigenvalue weighted by Crippen LogP contribution is 2.33. The molecule has 1 saturated heterocycles. The summed E-state index contributed by atoms with van der Waals surface area (Å²) in [5, 5.41) is 11.3. The van der Waals surface area contributed by atoms with Crippen molar-refractivity contribution in [3.8, 4) is 0 Å². The zero-order chi connectivity index (χ0) is 15.0. The first-order valence-electron chi connectivity index (χ1n) is 7.49. The minimum absolute atomic E-state index is 0.119. The van der Waals surface area contributed by atoms with Gasteiger partial charge in [-0.15, -0.1) is 0 Å². The third-order valence-electron chi connectivity index (χ3n) is 4.38. The molecular weight excluding hydrogens is 264 g/mol. The number of anilines is 1. The van der Waals surface area contributed by atoms with Crippen molar-refractivity contribution in [2.75, 3.05) is 4.90 Å². The highest BCUT2D eigenvalue weighted by Gasteiger charge is 2.28. The fourth-order valence-corrected chi connectivity index (χ4v) is 3.33. The van der Waals surface area contributed by atoms with E-state index in [1.807, 2.05) is 24.3 Å². The molecule has 1 aliphatic rings. The standard InChI is InChI=1S/C17H20N2O2/c1-11-6-5-7-12(2)19(11)16-14-9-4-3-8-13(14)10-15(18-16)17(20)21/h3-4,8-12H,5-7H2,1-2H3,(H,20,21)/t11-,12+. The molecule has 0 aliphatic carbocycles. The lowest BCUT2D eigenvalue weighted by molar-refractivity contribution is 0.0690. The second-order valence-corrected chi connectivity index (χ2v) is 5.89. The van der Waals surface area contributed by atoms with E-state index < -0.39 is 5.97 Å². The van der Waals surface area contributed by atoms with Gasteiger partial charge in [0.15, 0.2) is 5.69 Å². The van der Waals surface area contributed by atoms with Crippen LogP contribution >= 0.6 is 0 Å². The average Bonchev–Trinajstić information content (AvgIpc) is 2.46.